The number of hydrogen-bond acceptors (Lipinski definition) is 5. The molecular weight excluding hydrogens is 396 g/mol. The molecule has 2 aromatic rings. The summed E-state index contributed by atoms with van der Waals surface area (Å²) in [6, 6.07) is 10.9. The molecule has 2 aromatic carbocycles. The molecule has 0 spiro atoms. The molecule has 0 atom stereocenters. The van der Waals surface area contributed by atoms with Crippen LogP contribution in [0.25, 0.3) is 0 Å². The SMILES string of the molecule is CCOc1ccc(S(=O)(=O)N/N=C(\C)c2cc(Br)ccc2O)cc1. The van der Waals surface area contributed by atoms with E-state index in [4.69, 9.17) is 4.74 Å². The van der Waals surface area contributed by atoms with E-state index in [0.29, 0.717) is 23.6 Å². The molecule has 8 heteroatoms. The molecule has 0 amide bonds. The van der Waals surface area contributed by atoms with Crippen LogP contribution >= 0.6 is 15.9 Å². The van der Waals surface area contributed by atoms with Gasteiger partial charge in [-0.2, -0.15) is 18.4 Å². The van der Waals surface area contributed by atoms with Crippen molar-refractivity contribution in [2.24, 2.45) is 5.10 Å². The predicted octanol–water partition coefficient (Wildman–Crippen LogP) is 3.26. The summed E-state index contributed by atoms with van der Waals surface area (Å²) in [4.78, 5) is 2.23. The van der Waals surface area contributed by atoms with Crippen molar-refractivity contribution in [3.05, 3.63) is 52.5 Å². The van der Waals surface area contributed by atoms with Crippen LogP contribution in [0.3, 0.4) is 0 Å². The molecule has 6 nitrogen and oxygen atoms in total. The van der Waals surface area contributed by atoms with Crippen LogP contribution < -0.4 is 9.57 Å². The van der Waals surface area contributed by atoms with E-state index in [1.54, 1.807) is 31.2 Å². The molecule has 0 aliphatic carbocycles. The minimum atomic E-state index is -3.80. The third kappa shape index (κ3) is 4.48. The lowest BCUT2D eigenvalue weighted by Crippen LogP contribution is -2.20. The molecule has 0 radical (unpaired) electrons. The number of hydrazone groups is 1. The Labute approximate surface area is 149 Å². The number of benzene rings is 2. The summed E-state index contributed by atoms with van der Waals surface area (Å²) >= 11 is 3.29. The lowest BCUT2D eigenvalue weighted by atomic mass is 10.1. The number of halogens is 1. The minimum absolute atomic E-state index is 0.0136. The summed E-state index contributed by atoms with van der Waals surface area (Å²) in [5, 5.41) is 13.7. The van der Waals surface area contributed by atoms with Crippen molar-refractivity contribution in [2.75, 3.05) is 6.61 Å². The Morgan fingerprint density at radius 2 is 1.92 bits per heavy atom. The zero-order chi connectivity index (χ0) is 17.7. The second kappa shape index (κ2) is 7.67. The number of phenolic OH excluding ortho intramolecular Hbond substituents is 1. The van der Waals surface area contributed by atoms with Gasteiger partial charge in [0.1, 0.15) is 11.5 Å². The first-order valence-electron chi connectivity index (χ1n) is 7.11. The predicted molar refractivity (Wildman–Crippen MR) is 96.0 cm³/mol. The molecular formula is C16H17BrN2O4S. The average molecular weight is 413 g/mol. The number of ether oxygens (including phenoxy) is 1. The van der Waals surface area contributed by atoms with Crippen molar-refractivity contribution in [2.45, 2.75) is 18.7 Å². The number of phenols is 1. The molecule has 0 saturated carbocycles. The first-order valence-corrected chi connectivity index (χ1v) is 9.39. The van der Waals surface area contributed by atoms with Gasteiger partial charge in [0.2, 0.25) is 0 Å². The topological polar surface area (TPSA) is 88.0 Å². The third-order valence-corrected chi connectivity index (χ3v) is 4.84. The maximum Gasteiger partial charge on any atom is 0.276 e. The van der Waals surface area contributed by atoms with Gasteiger partial charge in [-0.25, -0.2) is 0 Å². The zero-order valence-electron chi connectivity index (χ0n) is 13.2. The molecule has 24 heavy (non-hydrogen) atoms. The number of hydrogen-bond donors (Lipinski definition) is 2. The van der Waals surface area contributed by atoms with Gasteiger partial charge in [0, 0.05) is 10.0 Å². The van der Waals surface area contributed by atoms with E-state index in [1.807, 2.05) is 6.92 Å². The fourth-order valence-electron chi connectivity index (χ4n) is 1.92. The van der Waals surface area contributed by atoms with E-state index in [-0.39, 0.29) is 10.6 Å². The van der Waals surface area contributed by atoms with Gasteiger partial charge < -0.3 is 9.84 Å². The highest BCUT2D eigenvalue weighted by Crippen LogP contribution is 2.22. The Hall–Kier alpha value is -2.06. The van der Waals surface area contributed by atoms with E-state index in [2.05, 4.69) is 25.9 Å². The monoisotopic (exact) mass is 412 g/mol. The van der Waals surface area contributed by atoms with Crippen LogP contribution in [-0.4, -0.2) is 25.8 Å². The van der Waals surface area contributed by atoms with Crippen LogP contribution in [0, 0.1) is 0 Å². The van der Waals surface area contributed by atoms with Gasteiger partial charge in [-0.3, -0.25) is 0 Å². The Kier molecular flexibility index (Phi) is 5.84. The van der Waals surface area contributed by atoms with Crippen molar-refractivity contribution in [3.8, 4) is 11.5 Å². The summed E-state index contributed by atoms with van der Waals surface area (Å²) in [7, 11) is -3.80. The maximum absolute atomic E-state index is 12.3. The maximum atomic E-state index is 12.3. The van der Waals surface area contributed by atoms with E-state index < -0.39 is 10.0 Å². The van der Waals surface area contributed by atoms with Crippen LogP contribution in [0.15, 0.2) is 56.9 Å². The van der Waals surface area contributed by atoms with Crippen LogP contribution in [-0.2, 0) is 10.0 Å². The fraction of sp³-hybridized carbons (Fsp3) is 0.188. The molecule has 0 aromatic heterocycles. The van der Waals surface area contributed by atoms with Crippen LogP contribution in [0.4, 0.5) is 0 Å². The Balaban J connectivity index is 2.20. The second-order valence-electron chi connectivity index (χ2n) is 4.86. The molecule has 0 aliphatic rings. The minimum Gasteiger partial charge on any atom is -0.507 e. The molecule has 0 unspecified atom stereocenters. The van der Waals surface area contributed by atoms with E-state index in [0.717, 1.165) is 4.47 Å². The van der Waals surface area contributed by atoms with Gasteiger partial charge in [-0.15, -0.1) is 0 Å². The summed E-state index contributed by atoms with van der Waals surface area (Å²) in [6.45, 7) is 3.95. The summed E-state index contributed by atoms with van der Waals surface area (Å²) < 4.78 is 30.5. The van der Waals surface area contributed by atoms with Gasteiger partial charge in [0.15, 0.2) is 0 Å². The van der Waals surface area contributed by atoms with Gasteiger partial charge in [0.25, 0.3) is 10.0 Å². The van der Waals surface area contributed by atoms with E-state index >= 15 is 0 Å². The molecule has 0 heterocycles. The highest BCUT2D eigenvalue weighted by molar-refractivity contribution is 9.10. The summed E-state index contributed by atoms with van der Waals surface area (Å²) in [5.74, 6) is 0.606. The van der Waals surface area contributed by atoms with E-state index in [1.165, 1.54) is 18.2 Å². The first kappa shape index (κ1) is 18.3. The van der Waals surface area contributed by atoms with Gasteiger partial charge >= 0.3 is 0 Å². The van der Waals surface area contributed by atoms with Crippen molar-refractivity contribution in [1.82, 2.24) is 4.83 Å². The Morgan fingerprint density at radius 1 is 1.25 bits per heavy atom. The normalized spacial score (nSPS) is 12.0. The zero-order valence-corrected chi connectivity index (χ0v) is 15.6. The largest absolute Gasteiger partial charge is 0.507 e. The Bertz CT molecular complexity index is 849. The standard InChI is InChI=1S/C16H17BrN2O4S/c1-3-23-13-5-7-14(8-6-13)24(21,22)19-18-11(2)15-10-12(17)4-9-16(15)20/h4-10,19-20H,3H2,1-2H3/b18-11+. The van der Waals surface area contributed by atoms with Crippen molar-refractivity contribution >= 4 is 31.7 Å². The van der Waals surface area contributed by atoms with Crippen molar-refractivity contribution in [1.29, 1.82) is 0 Å². The second-order valence-corrected chi connectivity index (χ2v) is 7.43. The molecule has 0 fully saturated rings. The first-order chi connectivity index (χ1) is 11.3. The van der Waals surface area contributed by atoms with Gasteiger partial charge in [-0.05, 0) is 56.3 Å². The molecule has 128 valence electrons. The van der Waals surface area contributed by atoms with Gasteiger partial charge in [-0.1, -0.05) is 15.9 Å². The van der Waals surface area contributed by atoms with E-state index in [9.17, 15) is 13.5 Å². The lowest BCUT2D eigenvalue weighted by molar-refractivity contribution is 0.340. The number of rotatable bonds is 6. The van der Waals surface area contributed by atoms with Crippen LogP contribution in [0.1, 0.15) is 19.4 Å². The quantitative estimate of drug-likeness (QED) is 0.562. The Morgan fingerprint density at radius 3 is 2.54 bits per heavy atom. The molecule has 0 aliphatic heterocycles. The highest BCUT2D eigenvalue weighted by atomic mass is 79.9. The summed E-state index contributed by atoms with van der Waals surface area (Å²) in [5.41, 5.74) is 0.766. The van der Waals surface area contributed by atoms with Crippen molar-refractivity contribution in [3.63, 3.8) is 0 Å². The smallest absolute Gasteiger partial charge is 0.276 e. The molecule has 2 rings (SSSR count). The van der Waals surface area contributed by atoms with Gasteiger partial charge in [0.05, 0.1) is 17.2 Å². The lowest BCUT2D eigenvalue weighted by Gasteiger charge is -2.08. The molecule has 2 N–H and O–H groups in total. The highest BCUT2D eigenvalue weighted by Gasteiger charge is 2.14. The van der Waals surface area contributed by atoms with Crippen LogP contribution in [0.5, 0.6) is 11.5 Å². The summed E-state index contributed by atoms with van der Waals surface area (Å²) in [6.07, 6.45) is 0. The molecule has 0 saturated heterocycles. The van der Waals surface area contributed by atoms with Crippen molar-refractivity contribution < 1.29 is 18.3 Å². The molecule has 0 bridgehead atoms. The average Bonchev–Trinajstić information content (AvgIpc) is 2.56. The number of nitrogens with one attached hydrogen (secondary N) is 1. The van der Waals surface area contributed by atoms with Crippen LogP contribution in [0.2, 0.25) is 0 Å². The number of sulfonamides is 1. The fourth-order valence-corrected chi connectivity index (χ4v) is 3.14. The number of nitrogens with zero attached hydrogens (tertiary/aromatic N) is 1. The number of aromatic hydroxyl groups is 1. The third-order valence-electron chi connectivity index (χ3n) is 3.13.